The molecular weight excluding hydrogens is 260 g/mol. The van der Waals surface area contributed by atoms with E-state index in [9.17, 15) is 4.79 Å². The summed E-state index contributed by atoms with van der Waals surface area (Å²) in [5.74, 6) is 0.445. The second-order valence-electron chi connectivity index (χ2n) is 6.21. The highest BCUT2D eigenvalue weighted by molar-refractivity contribution is 5.69. The number of carbonyl (C=O) groups is 1. The van der Waals surface area contributed by atoms with Gasteiger partial charge in [0.15, 0.2) is 0 Å². The summed E-state index contributed by atoms with van der Waals surface area (Å²) < 4.78 is 5.26. The first-order chi connectivity index (χ1) is 9.97. The molecule has 2 heteroatoms. The second kappa shape index (κ2) is 12.7. The lowest BCUT2D eigenvalue weighted by molar-refractivity contribution is -0.142. The minimum atomic E-state index is -0.0625. The van der Waals surface area contributed by atoms with Crippen molar-refractivity contribution in [1.29, 1.82) is 0 Å². The van der Waals surface area contributed by atoms with Crippen LogP contribution in [-0.2, 0) is 9.53 Å². The Hall–Kier alpha value is -1.05. The van der Waals surface area contributed by atoms with Gasteiger partial charge in [0, 0.05) is 6.42 Å². The fourth-order valence-electron chi connectivity index (χ4n) is 2.01. The van der Waals surface area contributed by atoms with Crippen LogP contribution in [0.5, 0.6) is 0 Å². The molecule has 0 N–H and O–H groups in total. The molecule has 0 aliphatic carbocycles. The zero-order valence-corrected chi connectivity index (χ0v) is 14.7. The Bertz CT molecular complexity index is 335. The lowest BCUT2D eigenvalue weighted by Crippen LogP contribution is -2.05. The van der Waals surface area contributed by atoms with Gasteiger partial charge in [-0.3, -0.25) is 4.79 Å². The number of allylic oxidation sites excluding steroid dienone is 3. The molecule has 0 saturated carbocycles. The van der Waals surface area contributed by atoms with Crippen molar-refractivity contribution in [2.75, 3.05) is 6.61 Å². The van der Waals surface area contributed by atoms with Crippen molar-refractivity contribution in [2.24, 2.45) is 5.92 Å². The molecule has 0 aromatic rings. The van der Waals surface area contributed by atoms with Gasteiger partial charge < -0.3 is 4.74 Å². The van der Waals surface area contributed by atoms with Crippen molar-refractivity contribution < 1.29 is 9.53 Å². The van der Waals surface area contributed by atoms with Crippen LogP contribution in [0, 0.1) is 5.92 Å². The third-order valence-electron chi connectivity index (χ3n) is 3.79. The highest BCUT2D eigenvalue weighted by Crippen LogP contribution is 2.15. The van der Waals surface area contributed by atoms with Crippen molar-refractivity contribution in [3.8, 4) is 0 Å². The molecule has 0 unspecified atom stereocenters. The summed E-state index contributed by atoms with van der Waals surface area (Å²) in [5, 5.41) is 0. The van der Waals surface area contributed by atoms with E-state index in [-0.39, 0.29) is 5.97 Å². The molecule has 21 heavy (non-hydrogen) atoms. The molecule has 0 rings (SSSR count). The van der Waals surface area contributed by atoms with Crippen LogP contribution in [0.25, 0.3) is 0 Å². The summed E-state index contributed by atoms with van der Waals surface area (Å²) in [6, 6.07) is 0. The SMILES string of the molecule is CCCCCCCC(=O)OC/C=C(\C)[C@@H](C)CC=C(C)C. The number of unbranched alkanes of at least 4 members (excludes halogenated alkanes) is 4. The second-order valence-corrected chi connectivity index (χ2v) is 6.21. The van der Waals surface area contributed by atoms with Crippen LogP contribution >= 0.6 is 0 Å². The highest BCUT2D eigenvalue weighted by atomic mass is 16.5. The maximum absolute atomic E-state index is 11.6. The molecule has 0 fully saturated rings. The van der Waals surface area contributed by atoms with E-state index >= 15 is 0 Å². The molecule has 0 aromatic heterocycles. The summed E-state index contributed by atoms with van der Waals surface area (Å²) in [5.41, 5.74) is 2.65. The van der Waals surface area contributed by atoms with Gasteiger partial charge in [0.25, 0.3) is 0 Å². The zero-order chi connectivity index (χ0) is 16.1. The molecule has 0 aliphatic rings. The largest absolute Gasteiger partial charge is 0.461 e. The van der Waals surface area contributed by atoms with Gasteiger partial charge in [-0.25, -0.2) is 0 Å². The molecule has 122 valence electrons. The van der Waals surface area contributed by atoms with E-state index in [1.165, 1.54) is 30.4 Å². The average molecular weight is 294 g/mol. The Morgan fingerprint density at radius 3 is 2.33 bits per heavy atom. The summed E-state index contributed by atoms with van der Waals surface area (Å²) >= 11 is 0. The Morgan fingerprint density at radius 2 is 1.71 bits per heavy atom. The smallest absolute Gasteiger partial charge is 0.306 e. The van der Waals surface area contributed by atoms with Crippen LogP contribution in [0.2, 0.25) is 0 Å². The van der Waals surface area contributed by atoms with Gasteiger partial charge in [-0.15, -0.1) is 0 Å². The van der Waals surface area contributed by atoms with E-state index < -0.39 is 0 Å². The maximum Gasteiger partial charge on any atom is 0.306 e. The molecule has 0 radical (unpaired) electrons. The standard InChI is InChI=1S/C19H34O2/c1-6-7-8-9-10-11-19(20)21-15-14-18(5)17(4)13-12-16(2)3/h12,14,17H,6-11,13,15H2,1-5H3/b18-14+/t17-/m0/s1. The van der Waals surface area contributed by atoms with Crippen molar-refractivity contribution in [3.05, 3.63) is 23.3 Å². The van der Waals surface area contributed by atoms with E-state index in [0.29, 0.717) is 18.9 Å². The van der Waals surface area contributed by atoms with E-state index in [4.69, 9.17) is 4.74 Å². The normalized spacial score (nSPS) is 12.9. The van der Waals surface area contributed by atoms with Crippen molar-refractivity contribution in [2.45, 2.75) is 79.6 Å². The molecule has 0 saturated heterocycles. The van der Waals surface area contributed by atoms with Gasteiger partial charge >= 0.3 is 5.97 Å². The fraction of sp³-hybridized carbons (Fsp3) is 0.737. The molecular formula is C19H34O2. The van der Waals surface area contributed by atoms with Crippen molar-refractivity contribution in [3.63, 3.8) is 0 Å². The summed E-state index contributed by atoms with van der Waals surface area (Å²) in [6.45, 7) is 11.2. The first-order valence-corrected chi connectivity index (χ1v) is 8.43. The molecule has 0 aromatic carbocycles. The van der Waals surface area contributed by atoms with Crippen LogP contribution in [0.1, 0.15) is 79.6 Å². The van der Waals surface area contributed by atoms with Crippen molar-refractivity contribution in [1.82, 2.24) is 0 Å². The third-order valence-corrected chi connectivity index (χ3v) is 3.79. The predicted octanol–water partition coefficient (Wildman–Crippen LogP) is 5.83. The van der Waals surface area contributed by atoms with Crippen LogP contribution in [0.15, 0.2) is 23.3 Å². The highest BCUT2D eigenvalue weighted by Gasteiger charge is 2.04. The maximum atomic E-state index is 11.6. The first kappa shape index (κ1) is 19.9. The van der Waals surface area contributed by atoms with E-state index in [2.05, 4.69) is 40.7 Å². The summed E-state index contributed by atoms with van der Waals surface area (Å²) in [7, 11) is 0. The lowest BCUT2D eigenvalue weighted by Gasteiger charge is -2.10. The Morgan fingerprint density at radius 1 is 1.05 bits per heavy atom. The topological polar surface area (TPSA) is 26.3 Å². The van der Waals surface area contributed by atoms with Gasteiger partial charge in [0.05, 0.1) is 0 Å². The fourth-order valence-corrected chi connectivity index (χ4v) is 2.01. The van der Waals surface area contributed by atoms with Crippen LogP contribution in [-0.4, -0.2) is 12.6 Å². The first-order valence-electron chi connectivity index (χ1n) is 8.43. The molecule has 1 atom stereocenters. The molecule has 0 amide bonds. The van der Waals surface area contributed by atoms with Crippen molar-refractivity contribution >= 4 is 5.97 Å². The monoisotopic (exact) mass is 294 g/mol. The zero-order valence-electron chi connectivity index (χ0n) is 14.7. The van der Waals surface area contributed by atoms with Gasteiger partial charge in [0.2, 0.25) is 0 Å². The quantitative estimate of drug-likeness (QED) is 0.272. The number of rotatable bonds is 11. The van der Waals surface area contributed by atoms with E-state index in [1.54, 1.807) is 0 Å². The Kier molecular flexibility index (Phi) is 12.0. The lowest BCUT2D eigenvalue weighted by atomic mass is 9.98. The van der Waals surface area contributed by atoms with E-state index in [1.807, 2.05) is 6.08 Å². The molecule has 0 bridgehead atoms. The summed E-state index contributed by atoms with van der Waals surface area (Å²) in [4.78, 5) is 11.6. The van der Waals surface area contributed by atoms with E-state index in [0.717, 1.165) is 19.3 Å². The van der Waals surface area contributed by atoms with Gasteiger partial charge in [0.1, 0.15) is 6.61 Å². The van der Waals surface area contributed by atoms with Gasteiger partial charge in [-0.2, -0.15) is 0 Å². The van der Waals surface area contributed by atoms with Gasteiger partial charge in [-0.1, -0.05) is 56.8 Å². The Balaban J connectivity index is 3.81. The molecule has 0 spiro atoms. The number of ether oxygens (including phenoxy) is 1. The number of hydrogen-bond acceptors (Lipinski definition) is 2. The minimum Gasteiger partial charge on any atom is -0.461 e. The molecule has 2 nitrogen and oxygen atoms in total. The minimum absolute atomic E-state index is 0.0625. The van der Waals surface area contributed by atoms with Gasteiger partial charge in [-0.05, 0) is 45.6 Å². The molecule has 0 aliphatic heterocycles. The number of esters is 1. The predicted molar refractivity (Wildman–Crippen MR) is 91.3 cm³/mol. The number of carbonyl (C=O) groups excluding carboxylic acids is 1. The summed E-state index contributed by atoms with van der Waals surface area (Å²) in [6.07, 6.45) is 11.7. The molecule has 0 heterocycles. The Labute approximate surface area is 131 Å². The third kappa shape index (κ3) is 12.4. The van der Waals surface area contributed by atoms with Crippen LogP contribution in [0.4, 0.5) is 0 Å². The number of hydrogen-bond donors (Lipinski definition) is 0. The average Bonchev–Trinajstić information content (AvgIpc) is 2.44. The van der Waals surface area contributed by atoms with Crippen LogP contribution in [0.3, 0.4) is 0 Å². The van der Waals surface area contributed by atoms with Crippen LogP contribution < -0.4 is 0 Å².